The number of ether oxygens (including phenoxy) is 1. The highest BCUT2D eigenvalue weighted by Crippen LogP contribution is 2.55. The average Bonchev–Trinajstić information content (AvgIpc) is 3.06. The van der Waals surface area contributed by atoms with Crippen LogP contribution >= 0.6 is 0 Å². The Morgan fingerprint density at radius 3 is 2.67 bits per heavy atom. The lowest BCUT2D eigenvalue weighted by Gasteiger charge is -2.46. The second-order valence-electron chi connectivity index (χ2n) is 10.7. The number of hydrogen-bond acceptors (Lipinski definition) is 4. The van der Waals surface area contributed by atoms with Crippen molar-refractivity contribution in [1.82, 2.24) is 4.90 Å². The highest BCUT2D eigenvalue weighted by atomic mass is 19.4. The zero-order chi connectivity index (χ0) is 23.4. The number of carbonyl (C=O) groups excluding carboxylic acids is 1. The van der Waals surface area contributed by atoms with Crippen molar-refractivity contribution < 1.29 is 22.7 Å². The van der Waals surface area contributed by atoms with Crippen molar-refractivity contribution in [3.63, 3.8) is 0 Å². The number of hydrogen-bond donors (Lipinski definition) is 0. The van der Waals surface area contributed by atoms with Gasteiger partial charge in [0.15, 0.2) is 0 Å². The largest absolute Gasteiger partial charge is 0.462 e. The number of rotatable bonds is 3. The van der Waals surface area contributed by atoms with Gasteiger partial charge in [-0.15, -0.1) is 0 Å². The van der Waals surface area contributed by atoms with Crippen LogP contribution in [0.5, 0.6) is 0 Å². The highest BCUT2D eigenvalue weighted by molar-refractivity contribution is 5.76. The van der Waals surface area contributed by atoms with E-state index in [9.17, 15) is 18.0 Å². The number of alkyl halides is 3. The molecule has 4 nitrogen and oxygen atoms in total. The van der Waals surface area contributed by atoms with Gasteiger partial charge < -0.3 is 9.64 Å². The fourth-order valence-corrected chi connectivity index (χ4v) is 6.67. The van der Waals surface area contributed by atoms with E-state index in [1.54, 1.807) is 11.6 Å². The zero-order valence-electron chi connectivity index (χ0n) is 19.5. The fourth-order valence-electron chi connectivity index (χ4n) is 6.67. The minimum absolute atomic E-state index is 0.0218. The summed E-state index contributed by atoms with van der Waals surface area (Å²) in [6.07, 6.45) is 1.16. The fraction of sp³-hybridized carbons (Fsp3) is 0.654. The Kier molecular flexibility index (Phi) is 5.74. The van der Waals surface area contributed by atoms with Crippen LogP contribution < -0.4 is 4.90 Å². The maximum Gasteiger partial charge on any atom is 0.416 e. The van der Waals surface area contributed by atoms with Crippen LogP contribution in [0.3, 0.4) is 0 Å². The van der Waals surface area contributed by atoms with Crippen LogP contribution in [0.1, 0.15) is 51.5 Å². The molecule has 0 unspecified atom stereocenters. The van der Waals surface area contributed by atoms with Crippen molar-refractivity contribution >= 4 is 11.7 Å². The summed E-state index contributed by atoms with van der Waals surface area (Å²) in [6.45, 7) is 8.05. The third-order valence-corrected chi connectivity index (χ3v) is 8.55. The first-order valence-corrected chi connectivity index (χ1v) is 12.2. The molecule has 2 aliphatic carbocycles. The molecule has 2 saturated heterocycles. The summed E-state index contributed by atoms with van der Waals surface area (Å²) in [7, 11) is 0. The van der Waals surface area contributed by atoms with Gasteiger partial charge in [0.1, 0.15) is 6.10 Å². The van der Waals surface area contributed by atoms with E-state index in [1.165, 1.54) is 37.0 Å². The van der Waals surface area contributed by atoms with Gasteiger partial charge in [0.05, 0.1) is 11.5 Å². The molecule has 33 heavy (non-hydrogen) atoms. The Morgan fingerprint density at radius 2 is 1.94 bits per heavy atom. The first kappa shape index (κ1) is 22.8. The van der Waals surface area contributed by atoms with Crippen molar-refractivity contribution in [3.8, 4) is 0 Å². The van der Waals surface area contributed by atoms with E-state index in [4.69, 9.17) is 4.74 Å². The lowest BCUT2D eigenvalue weighted by molar-refractivity contribution is -0.145. The van der Waals surface area contributed by atoms with Gasteiger partial charge in [-0.3, -0.25) is 9.69 Å². The van der Waals surface area contributed by atoms with Crippen molar-refractivity contribution in [1.29, 1.82) is 0 Å². The van der Waals surface area contributed by atoms with Crippen molar-refractivity contribution in [2.75, 3.05) is 37.6 Å². The molecule has 1 aromatic rings. The molecular formula is C26H33F3N2O2. The van der Waals surface area contributed by atoms with Crippen LogP contribution in [0.4, 0.5) is 18.9 Å². The van der Waals surface area contributed by atoms with Gasteiger partial charge in [-0.1, -0.05) is 24.1 Å². The molecule has 4 atom stereocenters. The predicted molar refractivity (Wildman–Crippen MR) is 121 cm³/mol. The Balaban J connectivity index is 1.23. The van der Waals surface area contributed by atoms with Crippen LogP contribution in [0.15, 0.2) is 35.4 Å². The van der Waals surface area contributed by atoms with Crippen LogP contribution in [0.2, 0.25) is 0 Å². The average molecular weight is 463 g/mol. The molecular weight excluding hydrogens is 429 g/mol. The standard InChI is InChI=1S/C26H33F3N2O2/c1-17-5-4-8-25(2)15-23-20(14-22(17)25)21(24(32)33-23)16-30-9-11-31(12-10-30)19-7-3-6-18(13-19)26(27,28)29/h3,6-7,13,20-21,23H,4-5,8-12,14-16H2,1-2H3/t20-,21+,23-,25-/m1/s1. The summed E-state index contributed by atoms with van der Waals surface area (Å²) in [5, 5.41) is 0. The lowest BCUT2D eigenvalue weighted by Crippen LogP contribution is -2.49. The Morgan fingerprint density at radius 1 is 1.18 bits per heavy atom. The molecule has 0 N–H and O–H groups in total. The summed E-state index contributed by atoms with van der Waals surface area (Å²) in [6, 6.07) is 5.55. The van der Waals surface area contributed by atoms with Gasteiger partial charge in [-0.05, 0) is 62.6 Å². The SMILES string of the molecule is CC1=C2C[C@@H]3[C@H](CN4CCN(c5cccc(C(F)(F)F)c5)CC4)C(=O)O[C@@H]3C[C@@]2(C)CCC1. The van der Waals surface area contributed by atoms with Crippen LogP contribution in [0.25, 0.3) is 0 Å². The molecule has 0 aromatic heterocycles. The lowest BCUT2D eigenvalue weighted by atomic mass is 9.59. The van der Waals surface area contributed by atoms with E-state index in [0.717, 1.165) is 32.0 Å². The van der Waals surface area contributed by atoms with Crippen molar-refractivity contribution in [2.24, 2.45) is 17.3 Å². The molecule has 0 radical (unpaired) electrons. The monoisotopic (exact) mass is 462 g/mol. The van der Waals surface area contributed by atoms with Gasteiger partial charge in [-0.25, -0.2) is 0 Å². The second kappa shape index (κ2) is 8.33. The molecule has 2 heterocycles. The minimum atomic E-state index is -4.33. The van der Waals surface area contributed by atoms with Crippen LogP contribution in [-0.2, 0) is 15.7 Å². The number of allylic oxidation sites excluding steroid dienone is 2. The molecule has 2 aliphatic heterocycles. The number of fused-ring (bicyclic) bond motifs is 2. The Bertz CT molecular complexity index is 951. The van der Waals surface area contributed by atoms with Crippen LogP contribution in [-0.4, -0.2) is 49.7 Å². The summed E-state index contributed by atoms with van der Waals surface area (Å²) in [5.41, 5.74) is 3.24. The second-order valence-corrected chi connectivity index (χ2v) is 10.7. The van der Waals surface area contributed by atoms with E-state index >= 15 is 0 Å². The van der Waals surface area contributed by atoms with E-state index in [0.29, 0.717) is 25.3 Å². The number of anilines is 1. The number of piperazine rings is 1. The van der Waals surface area contributed by atoms with Gasteiger partial charge in [-0.2, -0.15) is 13.2 Å². The van der Waals surface area contributed by atoms with Gasteiger partial charge >= 0.3 is 12.1 Å². The molecule has 1 aromatic carbocycles. The maximum absolute atomic E-state index is 13.1. The molecule has 1 saturated carbocycles. The smallest absolute Gasteiger partial charge is 0.416 e. The third kappa shape index (κ3) is 4.29. The number of carbonyl (C=O) groups is 1. The summed E-state index contributed by atoms with van der Waals surface area (Å²) >= 11 is 0. The molecule has 180 valence electrons. The van der Waals surface area contributed by atoms with Gasteiger partial charge in [0.25, 0.3) is 0 Å². The topological polar surface area (TPSA) is 32.8 Å². The van der Waals surface area contributed by atoms with E-state index in [2.05, 4.69) is 18.7 Å². The number of nitrogens with zero attached hydrogens (tertiary/aromatic N) is 2. The van der Waals surface area contributed by atoms with Crippen molar-refractivity contribution in [3.05, 3.63) is 41.0 Å². The minimum Gasteiger partial charge on any atom is -0.462 e. The van der Waals surface area contributed by atoms with Gasteiger partial charge in [0.2, 0.25) is 0 Å². The highest BCUT2D eigenvalue weighted by Gasteiger charge is 2.53. The number of benzene rings is 1. The third-order valence-electron chi connectivity index (χ3n) is 8.55. The maximum atomic E-state index is 13.1. The van der Waals surface area contributed by atoms with Crippen molar-refractivity contribution in [2.45, 2.75) is 58.2 Å². The molecule has 7 heteroatoms. The Hall–Kier alpha value is -2.02. The quantitative estimate of drug-likeness (QED) is 0.452. The molecule has 0 spiro atoms. The number of esters is 1. The first-order valence-electron chi connectivity index (χ1n) is 12.2. The predicted octanol–water partition coefficient (Wildman–Crippen LogP) is 5.29. The van der Waals surface area contributed by atoms with Gasteiger partial charge in [0, 0.05) is 44.3 Å². The molecule has 3 fully saturated rings. The molecule has 0 amide bonds. The summed E-state index contributed by atoms with van der Waals surface area (Å²) in [5.74, 6) is 0.0720. The van der Waals surface area contributed by atoms with E-state index < -0.39 is 11.7 Å². The van der Waals surface area contributed by atoms with E-state index in [1.807, 2.05) is 4.90 Å². The Labute approximate surface area is 193 Å². The molecule has 0 bridgehead atoms. The summed E-state index contributed by atoms with van der Waals surface area (Å²) < 4.78 is 45.1. The van der Waals surface area contributed by atoms with Crippen LogP contribution in [0, 0.1) is 17.3 Å². The first-order chi connectivity index (χ1) is 15.6. The van der Waals surface area contributed by atoms with E-state index in [-0.39, 0.29) is 29.3 Å². The summed E-state index contributed by atoms with van der Waals surface area (Å²) in [4.78, 5) is 17.1. The molecule has 5 rings (SSSR count). The zero-order valence-corrected chi connectivity index (χ0v) is 19.5. The normalized spacial score (nSPS) is 33.1. The molecule has 4 aliphatic rings. The number of halogens is 3.